The maximum absolute atomic E-state index is 4.51. The third kappa shape index (κ3) is 3.03. The maximum atomic E-state index is 4.51. The second-order valence-corrected chi connectivity index (χ2v) is 7.62. The minimum absolute atomic E-state index is 0.343. The van der Waals surface area contributed by atoms with Crippen LogP contribution in [0.2, 0.25) is 0 Å². The first-order valence-electron chi connectivity index (χ1n) is 7.64. The lowest BCUT2D eigenvalue weighted by Gasteiger charge is -2.14. The minimum Gasteiger partial charge on any atom is -0.297 e. The van der Waals surface area contributed by atoms with Crippen LogP contribution in [0.5, 0.6) is 0 Å². The summed E-state index contributed by atoms with van der Waals surface area (Å²) in [6, 6.07) is 6.33. The highest BCUT2D eigenvalue weighted by Crippen LogP contribution is 2.38. The number of hydrogen-bond donors (Lipinski definition) is 0. The molecule has 0 saturated heterocycles. The van der Waals surface area contributed by atoms with E-state index in [4.69, 9.17) is 0 Å². The van der Waals surface area contributed by atoms with Crippen molar-refractivity contribution in [2.45, 2.75) is 30.1 Å². The summed E-state index contributed by atoms with van der Waals surface area (Å²) in [5.74, 6) is 3.65. The zero-order valence-electron chi connectivity index (χ0n) is 13.4. The monoisotopic (exact) mass is 356 g/mol. The third-order valence-corrected chi connectivity index (χ3v) is 5.86. The second kappa shape index (κ2) is 6.52. The lowest BCUT2D eigenvalue weighted by molar-refractivity contribution is 0.596. The summed E-state index contributed by atoms with van der Waals surface area (Å²) in [4.78, 5) is 13.0. The van der Waals surface area contributed by atoms with E-state index in [9.17, 15) is 0 Å². The van der Waals surface area contributed by atoms with Gasteiger partial charge in [0.2, 0.25) is 0 Å². The highest BCUT2D eigenvalue weighted by Gasteiger charge is 2.28. The zero-order chi connectivity index (χ0) is 16.5. The fraction of sp³-hybridized carbons (Fsp3) is 0.312. The summed E-state index contributed by atoms with van der Waals surface area (Å²) in [7, 11) is 0. The zero-order valence-corrected chi connectivity index (χ0v) is 15.0. The van der Waals surface area contributed by atoms with Gasteiger partial charge in [-0.3, -0.25) is 9.55 Å². The van der Waals surface area contributed by atoms with E-state index in [-0.39, 0.29) is 0 Å². The van der Waals surface area contributed by atoms with E-state index >= 15 is 0 Å². The minimum atomic E-state index is 0.343. The van der Waals surface area contributed by atoms with Crippen LogP contribution < -0.4 is 0 Å². The Balaban J connectivity index is 1.57. The predicted molar refractivity (Wildman–Crippen MR) is 95.2 cm³/mol. The van der Waals surface area contributed by atoms with Crippen molar-refractivity contribution in [3.05, 3.63) is 42.1 Å². The van der Waals surface area contributed by atoms with Gasteiger partial charge < -0.3 is 0 Å². The molecule has 0 aromatic carbocycles. The fourth-order valence-electron chi connectivity index (χ4n) is 2.70. The van der Waals surface area contributed by atoms with Gasteiger partial charge in [-0.1, -0.05) is 11.8 Å². The molecule has 4 heterocycles. The summed E-state index contributed by atoms with van der Waals surface area (Å²) >= 11 is 3.52. The fourth-order valence-corrected chi connectivity index (χ4v) is 5.01. The molecule has 0 unspecified atom stereocenters. The van der Waals surface area contributed by atoms with E-state index in [2.05, 4.69) is 29.7 Å². The largest absolute Gasteiger partial charge is 0.297 e. The quantitative estimate of drug-likeness (QED) is 0.525. The molecular weight excluding hydrogens is 340 g/mol. The van der Waals surface area contributed by atoms with E-state index in [0.717, 1.165) is 44.6 Å². The average Bonchev–Trinajstić information content (AvgIpc) is 3.15. The molecule has 1 aliphatic heterocycles. The van der Waals surface area contributed by atoms with Crippen LogP contribution in [-0.2, 0) is 0 Å². The molecular formula is C16H16N6S2. The first-order valence-corrected chi connectivity index (χ1v) is 9.61. The number of nitrogens with zero attached hydrogens (tertiary/aromatic N) is 6. The molecule has 0 radical (unpaired) electrons. The lowest BCUT2D eigenvalue weighted by Crippen LogP contribution is -2.11. The molecule has 0 amide bonds. The Labute approximate surface area is 148 Å². The van der Waals surface area contributed by atoms with Gasteiger partial charge in [-0.2, -0.15) is 0 Å². The Bertz CT molecular complexity index is 844. The van der Waals surface area contributed by atoms with E-state index < -0.39 is 0 Å². The summed E-state index contributed by atoms with van der Waals surface area (Å²) in [5, 5.41) is 10.7. The molecule has 3 aromatic rings. The molecule has 8 heteroatoms. The molecule has 24 heavy (non-hydrogen) atoms. The van der Waals surface area contributed by atoms with E-state index in [1.807, 2.05) is 38.2 Å². The highest BCUT2D eigenvalue weighted by atomic mass is 32.2. The molecule has 0 spiro atoms. The molecule has 0 aliphatic carbocycles. The van der Waals surface area contributed by atoms with Crippen molar-refractivity contribution >= 4 is 23.5 Å². The van der Waals surface area contributed by atoms with Gasteiger partial charge in [0, 0.05) is 35.2 Å². The van der Waals surface area contributed by atoms with Crippen LogP contribution >= 0.6 is 23.5 Å². The molecule has 0 N–H and O–H groups in total. The second-order valence-electron chi connectivity index (χ2n) is 5.59. The molecule has 4 rings (SSSR count). The summed E-state index contributed by atoms with van der Waals surface area (Å²) in [6.07, 6.45) is 3.61. The maximum Gasteiger partial charge on any atom is 0.191 e. The number of hydrogen-bond acceptors (Lipinski definition) is 7. The highest BCUT2D eigenvalue weighted by molar-refractivity contribution is 8.00. The van der Waals surface area contributed by atoms with E-state index in [1.54, 1.807) is 29.7 Å². The summed E-state index contributed by atoms with van der Waals surface area (Å²) in [6.45, 7) is 3.93. The lowest BCUT2D eigenvalue weighted by atomic mass is 10.2. The normalized spacial score (nSPS) is 16.3. The molecule has 122 valence electrons. The van der Waals surface area contributed by atoms with Crippen LogP contribution in [0.25, 0.3) is 11.4 Å². The van der Waals surface area contributed by atoms with Gasteiger partial charge in [0.15, 0.2) is 11.0 Å². The molecule has 0 fully saturated rings. The van der Waals surface area contributed by atoms with Crippen molar-refractivity contribution < 1.29 is 0 Å². The van der Waals surface area contributed by atoms with Crippen LogP contribution in [-0.4, -0.2) is 41.2 Å². The Kier molecular flexibility index (Phi) is 4.24. The molecule has 1 aliphatic rings. The van der Waals surface area contributed by atoms with Gasteiger partial charge in [-0.05, 0) is 32.0 Å². The standard InChI is InChI=1S/C16H16N6S2/c1-10-6-14(19-11(2)18-10)23-8-13-9-24-16-21-20-15(22(13)16)12-4-3-5-17-7-12/h3-7,13H,8-9H2,1-2H3/t13-/m1/s1. The SMILES string of the molecule is Cc1cc(SC[C@@H]2CSc3nnc(-c4cccnc4)n32)nc(C)n1. The number of aromatic nitrogens is 6. The Morgan fingerprint density at radius 1 is 1.29 bits per heavy atom. The predicted octanol–water partition coefficient (Wildman–Crippen LogP) is 3.19. The van der Waals surface area contributed by atoms with Crippen molar-refractivity contribution in [2.75, 3.05) is 11.5 Å². The molecule has 3 aromatic heterocycles. The molecule has 6 nitrogen and oxygen atoms in total. The van der Waals surface area contributed by atoms with Gasteiger partial charge in [-0.25, -0.2) is 9.97 Å². The molecule has 0 saturated carbocycles. The smallest absolute Gasteiger partial charge is 0.191 e. The average molecular weight is 356 g/mol. The topological polar surface area (TPSA) is 69.4 Å². The number of fused-ring (bicyclic) bond motifs is 1. The van der Waals surface area contributed by atoms with Crippen molar-refractivity contribution in [2.24, 2.45) is 0 Å². The van der Waals surface area contributed by atoms with Crippen molar-refractivity contribution in [3.8, 4) is 11.4 Å². The van der Waals surface area contributed by atoms with Crippen molar-refractivity contribution in [1.82, 2.24) is 29.7 Å². The van der Waals surface area contributed by atoms with Crippen LogP contribution in [0.4, 0.5) is 0 Å². The molecule has 0 bridgehead atoms. The summed E-state index contributed by atoms with van der Waals surface area (Å²) in [5.41, 5.74) is 2.01. The van der Waals surface area contributed by atoms with Crippen molar-refractivity contribution in [1.29, 1.82) is 0 Å². The number of rotatable bonds is 4. The third-order valence-electron chi connectivity index (χ3n) is 3.72. The Morgan fingerprint density at radius 3 is 3.00 bits per heavy atom. The number of pyridine rings is 1. The first-order chi connectivity index (χ1) is 11.7. The van der Waals surface area contributed by atoms with Gasteiger partial charge in [0.25, 0.3) is 0 Å². The first kappa shape index (κ1) is 15.6. The van der Waals surface area contributed by atoms with E-state index in [0.29, 0.717) is 6.04 Å². The van der Waals surface area contributed by atoms with Gasteiger partial charge in [0.1, 0.15) is 10.9 Å². The van der Waals surface area contributed by atoms with E-state index in [1.165, 1.54) is 0 Å². The van der Waals surface area contributed by atoms with Crippen LogP contribution in [0, 0.1) is 13.8 Å². The van der Waals surface area contributed by atoms with Gasteiger partial charge in [-0.15, -0.1) is 22.0 Å². The van der Waals surface area contributed by atoms with Crippen LogP contribution in [0.15, 0.2) is 40.8 Å². The van der Waals surface area contributed by atoms with Gasteiger partial charge in [0.05, 0.1) is 6.04 Å². The number of aryl methyl sites for hydroxylation is 2. The Morgan fingerprint density at radius 2 is 2.21 bits per heavy atom. The van der Waals surface area contributed by atoms with Gasteiger partial charge >= 0.3 is 0 Å². The van der Waals surface area contributed by atoms with Crippen LogP contribution in [0.3, 0.4) is 0 Å². The number of thioether (sulfide) groups is 2. The summed E-state index contributed by atoms with van der Waals surface area (Å²) < 4.78 is 2.23. The Hall–Kier alpha value is -1.93. The molecule has 1 atom stereocenters. The van der Waals surface area contributed by atoms with Crippen molar-refractivity contribution in [3.63, 3.8) is 0 Å². The van der Waals surface area contributed by atoms with Crippen LogP contribution in [0.1, 0.15) is 17.6 Å².